The van der Waals surface area contributed by atoms with Gasteiger partial charge in [0.15, 0.2) is 0 Å². The largest absolute Gasteiger partial charge is 0.396 e. The number of aryl methyl sites for hydroxylation is 1. The van der Waals surface area contributed by atoms with Crippen LogP contribution in [-0.4, -0.2) is 9.78 Å². The van der Waals surface area contributed by atoms with Gasteiger partial charge < -0.3 is 5.73 Å². The molecule has 1 aromatic heterocycles. The molecule has 0 unspecified atom stereocenters. The van der Waals surface area contributed by atoms with E-state index in [9.17, 15) is 0 Å². The van der Waals surface area contributed by atoms with E-state index in [0.717, 1.165) is 11.3 Å². The number of halogens is 1. The van der Waals surface area contributed by atoms with E-state index in [-0.39, 0.29) is 0 Å². The second kappa shape index (κ2) is 5.62. The topological polar surface area (TPSA) is 43.8 Å². The van der Waals surface area contributed by atoms with Gasteiger partial charge in [0.25, 0.3) is 0 Å². The average Bonchev–Trinajstić information content (AvgIpc) is 2.83. The number of nitrogens with two attached hydrogens (primary N) is 1. The fourth-order valence-electron chi connectivity index (χ4n) is 2.34. The fraction of sp³-hybridized carbons (Fsp3) is 0.118. The highest BCUT2D eigenvalue weighted by Crippen LogP contribution is 2.30. The minimum absolute atomic E-state index is 0.636. The zero-order chi connectivity index (χ0) is 14.8. The van der Waals surface area contributed by atoms with E-state index >= 15 is 0 Å². The van der Waals surface area contributed by atoms with Crippen molar-refractivity contribution in [2.45, 2.75) is 13.5 Å². The van der Waals surface area contributed by atoms with Crippen LogP contribution >= 0.6 is 11.6 Å². The second-order valence-electron chi connectivity index (χ2n) is 5.04. The highest BCUT2D eigenvalue weighted by atomic mass is 35.5. The van der Waals surface area contributed by atoms with Gasteiger partial charge in [-0.2, -0.15) is 5.10 Å². The molecule has 0 atom stereocenters. The molecule has 0 aliphatic rings. The van der Waals surface area contributed by atoms with E-state index in [0.29, 0.717) is 17.3 Å². The van der Waals surface area contributed by atoms with Crippen LogP contribution in [0.2, 0.25) is 5.02 Å². The Morgan fingerprint density at radius 2 is 1.81 bits per heavy atom. The van der Waals surface area contributed by atoms with Gasteiger partial charge in [0.05, 0.1) is 17.3 Å². The predicted molar refractivity (Wildman–Crippen MR) is 87.4 cm³/mol. The maximum absolute atomic E-state index is 6.22. The molecule has 21 heavy (non-hydrogen) atoms. The summed E-state index contributed by atoms with van der Waals surface area (Å²) in [6, 6.07) is 15.9. The van der Waals surface area contributed by atoms with E-state index in [1.165, 1.54) is 11.1 Å². The van der Waals surface area contributed by atoms with Gasteiger partial charge in [-0.1, -0.05) is 54.1 Å². The number of rotatable bonds is 3. The smallest absolute Gasteiger partial charge is 0.117 e. The molecule has 0 bridgehead atoms. The molecular weight excluding hydrogens is 282 g/mol. The summed E-state index contributed by atoms with van der Waals surface area (Å²) >= 11 is 6.22. The molecule has 0 radical (unpaired) electrons. The van der Waals surface area contributed by atoms with Gasteiger partial charge in [0.2, 0.25) is 0 Å². The van der Waals surface area contributed by atoms with Crippen molar-refractivity contribution in [3.63, 3.8) is 0 Å². The SMILES string of the molecule is Cc1ccccc1Cn1cc(N)c(-c2ccccc2Cl)n1. The number of aromatic nitrogens is 2. The van der Waals surface area contributed by atoms with Crippen molar-refractivity contribution >= 4 is 17.3 Å². The Morgan fingerprint density at radius 3 is 2.57 bits per heavy atom. The number of nitrogen functional groups attached to an aromatic ring is 1. The third-order valence-electron chi connectivity index (χ3n) is 3.51. The first kappa shape index (κ1) is 13.7. The minimum atomic E-state index is 0.636. The van der Waals surface area contributed by atoms with Gasteiger partial charge in [0.1, 0.15) is 5.69 Å². The van der Waals surface area contributed by atoms with Crippen molar-refractivity contribution in [3.8, 4) is 11.3 Å². The molecule has 0 aliphatic carbocycles. The lowest BCUT2D eigenvalue weighted by molar-refractivity contribution is 0.687. The van der Waals surface area contributed by atoms with Crippen LogP contribution in [0, 0.1) is 6.92 Å². The standard InChI is InChI=1S/C17H16ClN3/c1-12-6-2-3-7-13(12)10-21-11-16(19)17(20-21)14-8-4-5-9-15(14)18/h2-9,11H,10,19H2,1H3. The Kier molecular flexibility index (Phi) is 3.67. The molecule has 2 aromatic carbocycles. The first-order chi connectivity index (χ1) is 10.1. The van der Waals surface area contributed by atoms with Crippen LogP contribution in [-0.2, 0) is 6.54 Å². The van der Waals surface area contributed by atoms with Crippen molar-refractivity contribution in [1.82, 2.24) is 9.78 Å². The summed E-state index contributed by atoms with van der Waals surface area (Å²) in [7, 11) is 0. The molecule has 3 rings (SSSR count). The van der Waals surface area contributed by atoms with Crippen LogP contribution in [0.15, 0.2) is 54.7 Å². The first-order valence-electron chi connectivity index (χ1n) is 6.77. The van der Waals surface area contributed by atoms with Crippen LogP contribution in [0.4, 0.5) is 5.69 Å². The zero-order valence-electron chi connectivity index (χ0n) is 11.8. The second-order valence-corrected chi connectivity index (χ2v) is 5.44. The van der Waals surface area contributed by atoms with Gasteiger partial charge in [-0.05, 0) is 24.1 Å². The number of benzene rings is 2. The normalized spacial score (nSPS) is 10.8. The number of anilines is 1. The lowest BCUT2D eigenvalue weighted by Crippen LogP contribution is -2.02. The molecule has 1 heterocycles. The molecule has 0 saturated heterocycles. The molecule has 0 spiro atoms. The highest BCUT2D eigenvalue weighted by Gasteiger charge is 2.12. The lowest BCUT2D eigenvalue weighted by atomic mass is 10.1. The summed E-state index contributed by atoms with van der Waals surface area (Å²) in [5.74, 6) is 0. The van der Waals surface area contributed by atoms with Crippen LogP contribution in [0.3, 0.4) is 0 Å². The van der Waals surface area contributed by atoms with Crippen molar-refractivity contribution in [1.29, 1.82) is 0 Å². The summed E-state index contributed by atoms with van der Waals surface area (Å²) in [5, 5.41) is 5.24. The van der Waals surface area contributed by atoms with Gasteiger partial charge >= 0.3 is 0 Å². The maximum atomic E-state index is 6.22. The Balaban J connectivity index is 1.96. The van der Waals surface area contributed by atoms with E-state index in [1.54, 1.807) is 0 Å². The van der Waals surface area contributed by atoms with Crippen molar-refractivity contribution < 1.29 is 0 Å². The van der Waals surface area contributed by atoms with E-state index in [4.69, 9.17) is 17.3 Å². The Bertz CT molecular complexity index is 777. The maximum Gasteiger partial charge on any atom is 0.117 e. The summed E-state index contributed by atoms with van der Waals surface area (Å²) < 4.78 is 1.86. The molecule has 0 aliphatic heterocycles. The number of hydrogen-bond donors (Lipinski definition) is 1. The van der Waals surface area contributed by atoms with Gasteiger partial charge in [-0.25, -0.2) is 0 Å². The molecule has 0 saturated carbocycles. The molecule has 2 N–H and O–H groups in total. The van der Waals surface area contributed by atoms with Crippen molar-refractivity contribution in [2.75, 3.05) is 5.73 Å². The zero-order valence-corrected chi connectivity index (χ0v) is 12.5. The summed E-state index contributed by atoms with van der Waals surface area (Å²) in [4.78, 5) is 0. The van der Waals surface area contributed by atoms with Crippen molar-refractivity contribution in [3.05, 3.63) is 70.9 Å². The number of nitrogens with zero attached hydrogens (tertiary/aromatic N) is 2. The summed E-state index contributed by atoms with van der Waals surface area (Å²) in [6.45, 7) is 2.79. The van der Waals surface area contributed by atoms with E-state index in [2.05, 4.69) is 24.2 Å². The van der Waals surface area contributed by atoms with Gasteiger partial charge in [-0.3, -0.25) is 4.68 Å². The van der Waals surface area contributed by atoms with Gasteiger partial charge in [-0.15, -0.1) is 0 Å². The van der Waals surface area contributed by atoms with Gasteiger partial charge in [0, 0.05) is 11.8 Å². The Hall–Kier alpha value is -2.26. The third-order valence-corrected chi connectivity index (χ3v) is 3.84. The minimum Gasteiger partial charge on any atom is -0.396 e. The highest BCUT2D eigenvalue weighted by molar-refractivity contribution is 6.33. The summed E-state index contributed by atoms with van der Waals surface area (Å²) in [5.41, 5.74) is 10.8. The number of hydrogen-bond acceptors (Lipinski definition) is 2. The summed E-state index contributed by atoms with van der Waals surface area (Å²) in [6.07, 6.45) is 1.85. The third kappa shape index (κ3) is 2.78. The fourth-order valence-corrected chi connectivity index (χ4v) is 2.57. The Labute approximate surface area is 129 Å². The lowest BCUT2D eigenvalue weighted by Gasteiger charge is -2.05. The quantitative estimate of drug-likeness (QED) is 0.789. The van der Waals surface area contributed by atoms with E-state index < -0.39 is 0 Å². The average molecular weight is 298 g/mol. The van der Waals surface area contributed by atoms with Crippen LogP contribution < -0.4 is 5.73 Å². The molecule has 0 fully saturated rings. The Morgan fingerprint density at radius 1 is 1.10 bits per heavy atom. The monoisotopic (exact) mass is 297 g/mol. The molecule has 3 nitrogen and oxygen atoms in total. The first-order valence-corrected chi connectivity index (χ1v) is 7.15. The van der Waals surface area contributed by atoms with Crippen LogP contribution in [0.25, 0.3) is 11.3 Å². The molecule has 106 valence electrons. The molecule has 0 amide bonds. The molecule has 3 aromatic rings. The van der Waals surface area contributed by atoms with E-state index in [1.807, 2.05) is 47.3 Å². The van der Waals surface area contributed by atoms with Crippen LogP contribution in [0.5, 0.6) is 0 Å². The predicted octanol–water partition coefficient (Wildman–Crippen LogP) is 4.14. The van der Waals surface area contributed by atoms with Crippen LogP contribution in [0.1, 0.15) is 11.1 Å². The van der Waals surface area contributed by atoms with Crippen molar-refractivity contribution in [2.24, 2.45) is 0 Å². The molecule has 4 heteroatoms. The molecular formula is C17H16ClN3.